The summed E-state index contributed by atoms with van der Waals surface area (Å²) < 4.78 is 13.6. The van der Waals surface area contributed by atoms with Gasteiger partial charge in [0.25, 0.3) is 5.91 Å². The lowest BCUT2D eigenvalue weighted by molar-refractivity contribution is 0.102. The summed E-state index contributed by atoms with van der Waals surface area (Å²) in [4.78, 5) is 12.0. The second kappa shape index (κ2) is 5.10. The third-order valence-corrected chi connectivity index (χ3v) is 3.09. The molecular formula is C15H15FN2O. The fourth-order valence-corrected chi connectivity index (χ4v) is 1.79. The summed E-state index contributed by atoms with van der Waals surface area (Å²) in [6.07, 6.45) is 0. The van der Waals surface area contributed by atoms with Crippen LogP contribution in [0.1, 0.15) is 21.5 Å². The summed E-state index contributed by atoms with van der Waals surface area (Å²) in [5.74, 6) is -1.09. The predicted octanol–water partition coefficient (Wildman–Crippen LogP) is 3.28. The molecule has 4 heteroatoms. The quantitative estimate of drug-likeness (QED) is 0.812. The van der Waals surface area contributed by atoms with Crippen molar-refractivity contribution >= 4 is 17.3 Å². The van der Waals surface area contributed by atoms with Crippen LogP contribution in [0.25, 0.3) is 0 Å². The first kappa shape index (κ1) is 13.1. The van der Waals surface area contributed by atoms with Crippen LogP contribution < -0.4 is 11.1 Å². The third kappa shape index (κ3) is 2.73. The maximum absolute atomic E-state index is 13.6. The number of carbonyl (C=O) groups excluding carboxylic acids is 1. The van der Waals surface area contributed by atoms with E-state index in [1.54, 1.807) is 6.07 Å². The van der Waals surface area contributed by atoms with Gasteiger partial charge in [-0.1, -0.05) is 12.1 Å². The second-order valence-electron chi connectivity index (χ2n) is 4.44. The Labute approximate surface area is 111 Å². The maximum atomic E-state index is 13.6. The van der Waals surface area contributed by atoms with E-state index in [2.05, 4.69) is 5.32 Å². The van der Waals surface area contributed by atoms with Gasteiger partial charge in [-0.05, 0) is 49.2 Å². The van der Waals surface area contributed by atoms with E-state index in [-0.39, 0.29) is 5.56 Å². The van der Waals surface area contributed by atoms with E-state index in [9.17, 15) is 9.18 Å². The molecule has 3 nitrogen and oxygen atoms in total. The van der Waals surface area contributed by atoms with E-state index in [0.29, 0.717) is 11.4 Å². The molecule has 2 aromatic rings. The highest BCUT2D eigenvalue weighted by Crippen LogP contribution is 2.20. The van der Waals surface area contributed by atoms with Gasteiger partial charge in [0.05, 0.1) is 5.56 Å². The summed E-state index contributed by atoms with van der Waals surface area (Å²) in [5, 5.41) is 2.70. The van der Waals surface area contributed by atoms with Gasteiger partial charge in [0.2, 0.25) is 0 Å². The Kier molecular flexibility index (Phi) is 3.51. The zero-order valence-electron chi connectivity index (χ0n) is 10.8. The molecule has 0 aliphatic heterocycles. The fourth-order valence-electron chi connectivity index (χ4n) is 1.79. The van der Waals surface area contributed by atoms with Crippen molar-refractivity contribution in [2.75, 3.05) is 11.1 Å². The Morgan fingerprint density at radius 1 is 1.21 bits per heavy atom. The highest BCUT2D eigenvalue weighted by molar-refractivity contribution is 6.05. The van der Waals surface area contributed by atoms with Crippen LogP contribution in [-0.2, 0) is 0 Å². The predicted molar refractivity (Wildman–Crippen MR) is 74.7 cm³/mol. The van der Waals surface area contributed by atoms with Gasteiger partial charge in [-0.25, -0.2) is 4.39 Å². The molecule has 19 heavy (non-hydrogen) atoms. The van der Waals surface area contributed by atoms with E-state index < -0.39 is 11.7 Å². The molecule has 0 bridgehead atoms. The molecule has 2 aromatic carbocycles. The smallest absolute Gasteiger partial charge is 0.258 e. The molecule has 0 aliphatic rings. The van der Waals surface area contributed by atoms with E-state index >= 15 is 0 Å². The Bertz CT molecular complexity index is 638. The number of hydrogen-bond acceptors (Lipinski definition) is 2. The number of carbonyl (C=O) groups is 1. The number of benzene rings is 2. The second-order valence-corrected chi connectivity index (χ2v) is 4.44. The normalized spacial score (nSPS) is 10.3. The average Bonchev–Trinajstić information content (AvgIpc) is 2.38. The van der Waals surface area contributed by atoms with Crippen molar-refractivity contribution in [2.45, 2.75) is 13.8 Å². The highest BCUT2D eigenvalue weighted by atomic mass is 19.1. The van der Waals surface area contributed by atoms with Crippen LogP contribution in [0, 0.1) is 19.7 Å². The monoisotopic (exact) mass is 258 g/mol. The minimum Gasteiger partial charge on any atom is -0.399 e. The Morgan fingerprint density at radius 2 is 1.95 bits per heavy atom. The van der Waals surface area contributed by atoms with Crippen molar-refractivity contribution in [2.24, 2.45) is 0 Å². The van der Waals surface area contributed by atoms with Crippen LogP contribution >= 0.6 is 0 Å². The van der Waals surface area contributed by atoms with Gasteiger partial charge in [-0.3, -0.25) is 4.79 Å². The molecule has 0 heterocycles. The highest BCUT2D eigenvalue weighted by Gasteiger charge is 2.13. The molecule has 0 saturated heterocycles. The number of aryl methyl sites for hydroxylation is 1. The first-order chi connectivity index (χ1) is 8.99. The lowest BCUT2D eigenvalue weighted by Crippen LogP contribution is -2.15. The SMILES string of the molecule is Cc1cccc(NC(=O)c2cc(N)ccc2F)c1C. The first-order valence-corrected chi connectivity index (χ1v) is 5.91. The van der Waals surface area contributed by atoms with Gasteiger partial charge in [-0.15, -0.1) is 0 Å². The van der Waals surface area contributed by atoms with Gasteiger partial charge < -0.3 is 11.1 Å². The summed E-state index contributed by atoms with van der Waals surface area (Å²) in [7, 11) is 0. The van der Waals surface area contributed by atoms with Crippen LogP contribution in [-0.4, -0.2) is 5.91 Å². The number of nitrogens with two attached hydrogens (primary N) is 1. The number of rotatable bonds is 2. The molecule has 0 saturated carbocycles. The Balaban J connectivity index is 2.31. The van der Waals surface area contributed by atoms with E-state index in [1.165, 1.54) is 18.2 Å². The first-order valence-electron chi connectivity index (χ1n) is 5.91. The molecule has 2 rings (SSSR count). The number of amides is 1. The van der Waals surface area contributed by atoms with Crippen molar-refractivity contribution in [1.29, 1.82) is 0 Å². The molecule has 0 radical (unpaired) electrons. The topological polar surface area (TPSA) is 55.1 Å². The van der Waals surface area contributed by atoms with Crippen LogP contribution in [0.15, 0.2) is 36.4 Å². The number of halogens is 1. The fraction of sp³-hybridized carbons (Fsp3) is 0.133. The van der Waals surface area contributed by atoms with Crippen LogP contribution in [0.3, 0.4) is 0 Å². The van der Waals surface area contributed by atoms with Gasteiger partial charge in [0.15, 0.2) is 0 Å². The van der Waals surface area contributed by atoms with E-state index in [0.717, 1.165) is 11.1 Å². The van der Waals surface area contributed by atoms with Gasteiger partial charge in [-0.2, -0.15) is 0 Å². The summed E-state index contributed by atoms with van der Waals surface area (Å²) in [6.45, 7) is 3.85. The van der Waals surface area contributed by atoms with Crippen molar-refractivity contribution in [1.82, 2.24) is 0 Å². The summed E-state index contributed by atoms with van der Waals surface area (Å²) in [6, 6.07) is 9.51. The molecule has 0 fully saturated rings. The van der Waals surface area contributed by atoms with E-state index in [1.807, 2.05) is 26.0 Å². The molecule has 1 amide bonds. The Morgan fingerprint density at radius 3 is 2.68 bits per heavy atom. The molecule has 0 unspecified atom stereocenters. The lowest BCUT2D eigenvalue weighted by Gasteiger charge is -2.11. The van der Waals surface area contributed by atoms with Crippen LogP contribution in [0.5, 0.6) is 0 Å². The Hall–Kier alpha value is -2.36. The molecular weight excluding hydrogens is 243 g/mol. The lowest BCUT2D eigenvalue weighted by atomic mass is 10.1. The van der Waals surface area contributed by atoms with Crippen molar-refractivity contribution in [3.8, 4) is 0 Å². The molecule has 0 aromatic heterocycles. The van der Waals surface area contributed by atoms with Crippen molar-refractivity contribution in [3.05, 3.63) is 58.9 Å². The van der Waals surface area contributed by atoms with Gasteiger partial charge in [0.1, 0.15) is 5.82 Å². The minimum atomic E-state index is -0.586. The summed E-state index contributed by atoms with van der Waals surface area (Å²) in [5.41, 5.74) is 8.56. The molecule has 0 spiro atoms. The van der Waals surface area contributed by atoms with E-state index in [4.69, 9.17) is 5.73 Å². The standard InChI is InChI=1S/C15H15FN2O/c1-9-4-3-5-14(10(9)2)18-15(19)12-8-11(17)6-7-13(12)16/h3-8H,17H2,1-2H3,(H,18,19). The zero-order valence-corrected chi connectivity index (χ0v) is 10.8. The van der Waals surface area contributed by atoms with Crippen LogP contribution in [0.2, 0.25) is 0 Å². The largest absolute Gasteiger partial charge is 0.399 e. The molecule has 3 N–H and O–H groups in total. The number of hydrogen-bond donors (Lipinski definition) is 2. The third-order valence-electron chi connectivity index (χ3n) is 3.09. The molecule has 0 atom stereocenters. The minimum absolute atomic E-state index is 0.0547. The average molecular weight is 258 g/mol. The summed E-state index contributed by atoms with van der Waals surface area (Å²) >= 11 is 0. The maximum Gasteiger partial charge on any atom is 0.258 e. The molecule has 0 aliphatic carbocycles. The molecule has 98 valence electrons. The van der Waals surface area contributed by atoms with Crippen LogP contribution in [0.4, 0.5) is 15.8 Å². The number of nitrogens with one attached hydrogen (secondary N) is 1. The zero-order chi connectivity index (χ0) is 14.0. The van der Waals surface area contributed by atoms with Gasteiger partial charge >= 0.3 is 0 Å². The van der Waals surface area contributed by atoms with Crippen molar-refractivity contribution < 1.29 is 9.18 Å². The van der Waals surface area contributed by atoms with Gasteiger partial charge in [0, 0.05) is 11.4 Å². The number of nitrogen functional groups attached to an aromatic ring is 1. The van der Waals surface area contributed by atoms with Crippen molar-refractivity contribution in [3.63, 3.8) is 0 Å². The number of anilines is 2.